The number of carbonyl (C=O) groups excluding carboxylic acids is 1. The second-order valence-corrected chi connectivity index (χ2v) is 8.91. The number of hydrogen-bond donors (Lipinski definition) is 3. The molecule has 2 saturated carbocycles. The second kappa shape index (κ2) is 7.73. The van der Waals surface area contributed by atoms with Gasteiger partial charge in [0.15, 0.2) is 0 Å². The molecule has 3 N–H and O–H groups in total. The fourth-order valence-corrected chi connectivity index (χ4v) is 5.56. The van der Waals surface area contributed by atoms with Gasteiger partial charge in [-0.25, -0.2) is 9.18 Å². The van der Waals surface area contributed by atoms with Crippen LogP contribution in [0.25, 0.3) is 17.2 Å². The van der Waals surface area contributed by atoms with Gasteiger partial charge in [-0.1, -0.05) is 24.3 Å². The summed E-state index contributed by atoms with van der Waals surface area (Å²) in [4.78, 5) is 16.3. The molecule has 6 atom stereocenters. The standard InChI is InChI=1S/C24H25FN2O4/c25-17-3-1-2-14(8-17)15-4-5-18(26-12-15)6-7-20-19-10-22(29)21(28)9-16(19)11-24(20)13-27-23(30)31-24/h1-8,12,16,19-22,28-29H,9-11,13H2,(H,27,30)/b7-6+/t16?,19?,20?,21?,22-,24?/m0/s1. The van der Waals surface area contributed by atoms with Crippen molar-refractivity contribution in [1.82, 2.24) is 10.3 Å². The molecule has 1 amide bonds. The van der Waals surface area contributed by atoms with Crippen molar-refractivity contribution in [2.75, 3.05) is 6.54 Å². The Morgan fingerprint density at radius 3 is 2.71 bits per heavy atom. The normalized spacial score (nSPS) is 34.7. The number of aromatic nitrogens is 1. The number of rotatable bonds is 3. The summed E-state index contributed by atoms with van der Waals surface area (Å²) in [7, 11) is 0. The van der Waals surface area contributed by atoms with Crippen molar-refractivity contribution in [3.05, 3.63) is 60.2 Å². The molecule has 7 heteroatoms. The van der Waals surface area contributed by atoms with E-state index < -0.39 is 23.9 Å². The van der Waals surface area contributed by atoms with Crippen LogP contribution in [0, 0.1) is 23.6 Å². The molecular weight excluding hydrogens is 399 g/mol. The first-order valence-corrected chi connectivity index (χ1v) is 10.7. The van der Waals surface area contributed by atoms with Crippen LogP contribution in [0.4, 0.5) is 9.18 Å². The zero-order valence-corrected chi connectivity index (χ0v) is 16.9. The molecule has 31 heavy (non-hydrogen) atoms. The quantitative estimate of drug-likeness (QED) is 0.704. The fourth-order valence-electron chi connectivity index (χ4n) is 5.56. The number of amides is 1. The van der Waals surface area contributed by atoms with Crippen molar-refractivity contribution >= 4 is 12.2 Å². The second-order valence-electron chi connectivity index (χ2n) is 8.91. The minimum absolute atomic E-state index is 0.0803. The molecule has 0 radical (unpaired) electrons. The number of hydrogen-bond acceptors (Lipinski definition) is 5. The number of pyridine rings is 1. The number of alkyl carbamates (subject to hydrolysis) is 1. The molecule has 1 aliphatic heterocycles. The monoisotopic (exact) mass is 424 g/mol. The Hall–Kier alpha value is -2.77. The van der Waals surface area contributed by atoms with Crippen LogP contribution in [0.1, 0.15) is 25.0 Å². The van der Waals surface area contributed by atoms with Crippen LogP contribution >= 0.6 is 0 Å². The average Bonchev–Trinajstić information content (AvgIpc) is 3.26. The van der Waals surface area contributed by atoms with Gasteiger partial charge < -0.3 is 20.3 Å². The van der Waals surface area contributed by atoms with E-state index in [0.717, 1.165) is 16.8 Å². The van der Waals surface area contributed by atoms with Gasteiger partial charge in [0.25, 0.3) is 0 Å². The highest BCUT2D eigenvalue weighted by atomic mass is 19.1. The summed E-state index contributed by atoms with van der Waals surface area (Å²) in [6.45, 7) is 0.423. The maximum atomic E-state index is 13.5. The number of nitrogens with one attached hydrogen (secondary N) is 1. The van der Waals surface area contributed by atoms with Crippen molar-refractivity contribution < 1.29 is 24.1 Å². The van der Waals surface area contributed by atoms with Gasteiger partial charge in [0, 0.05) is 17.7 Å². The van der Waals surface area contributed by atoms with E-state index in [4.69, 9.17) is 4.74 Å². The molecule has 3 fully saturated rings. The number of nitrogens with zero attached hydrogens (tertiary/aromatic N) is 1. The number of benzene rings is 1. The summed E-state index contributed by atoms with van der Waals surface area (Å²) in [5, 5.41) is 23.1. The lowest BCUT2D eigenvalue weighted by Crippen LogP contribution is -2.40. The third-order valence-electron chi connectivity index (χ3n) is 7.03. The van der Waals surface area contributed by atoms with Crippen LogP contribution in [-0.4, -0.2) is 45.6 Å². The maximum absolute atomic E-state index is 13.5. The van der Waals surface area contributed by atoms with Crippen LogP contribution in [0.2, 0.25) is 0 Å². The van der Waals surface area contributed by atoms with E-state index in [0.29, 0.717) is 25.8 Å². The van der Waals surface area contributed by atoms with E-state index in [1.165, 1.54) is 12.1 Å². The van der Waals surface area contributed by atoms with Crippen molar-refractivity contribution in [2.45, 2.75) is 37.1 Å². The Balaban J connectivity index is 1.39. The smallest absolute Gasteiger partial charge is 0.407 e. The summed E-state index contributed by atoms with van der Waals surface area (Å²) in [6.07, 6.45) is 5.38. The summed E-state index contributed by atoms with van der Waals surface area (Å²) in [5.41, 5.74) is 1.67. The molecule has 1 aromatic carbocycles. The third-order valence-corrected chi connectivity index (χ3v) is 7.03. The number of ether oxygens (including phenoxy) is 1. The molecule has 2 aliphatic carbocycles. The number of aliphatic hydroxyl groups is 2. The first-order chi connectivity index (χ1) is 14.9. The molecule has 162 valence electrons. The highest BCUT2D eigenvalue weighted by molar-refractivity contribution is 5.70. The summed E-state index contributed by atoms with van der Waals surface area (Å²) < 4.78 is 19.2. The Bertz CT molecular complexity index is 1010. The Kier molecular flexibility index (Phi) is 5.02. The van der Waals surface area contributed by atoms with E-state index in [-0.39, 0.29) is 23.6 Å². The number of aliphatic hydroxyl groups excluding tert-OH is 2. The highest BCUT2D eigenvalue weighted by Crippen LogP contribution is 2.54. The Morgan fingerprint density at radius 1 is 1.16 bits per heavy atom. The topological polar surface area (TPSA) is 91.7 Å². The van der Waals surface area contributed by atoms with Crippen LogP contribution in [0.5, 0.6) is 0 Å². The van der Waals surface area contributed by atoms with Crippen molar-refractivity contribution in [2.24, 2.45) is 17.8 Å². The zero-order chi connectivity index (χ0) is 21.6. The minimum Gasteiger partial charge on any atom is -0.440 e. The predicted molar refractivity (Wildman–Crippen MR) is 112 cm³/mol. The van der Waals surface area contributed by atoms with E-state index in [2.05, 4.69) is 10.3 Å². The highest BCUT2D eigenvalue weighted by Gasteiger charge is 2.59. The predicted octanol–water partition coefficient (Wildman–Crippen LogP) is 3.15. The molecule has 3 aliphatic rings. The van der Waals surface area contributed by atoms with Gasteiger partial charge >= 0.3 is 6.09 Å². The van der Waals surface area contributed by atoms with Gasteiger partial charge in [-0.05, 0) is 60.9 Å². The summed E-state index contributed by atoms with van der Waals surface area (Å²) >= 11 is 0. The lowest BCUT2D eigenvalue weighted by Gasteiger charge is -2.35. The average molecular weight is 424 g/mol. The molecule has 1 spiro atoms. The van der Waals surface area contributed by atoms with Gasteiger partial charge in [0.1, 0.15) is 11.4 Å². The van der Waals surface area contributed by atoms with Gasteiger partial charge in [0.05, 0.1) is 24.4 Å². The van der Waals surface area contributed by atoms with E-state index >= 15 is 0 Å². The summed E-state index contributed by atoms with van der Waals surface area (Å²) in [5.74, 6) is -0.0664. The first-order valence-electron chi connectivity index (χ1n) is 10.7. The zero-order valence-electron chi connectivity index (χ0n) is 16.9. The van der Waals surface area contributed by atoms with Crippen LogP contribution < -0.4 is 5.32 Å². The molecule has 6 nitrogen and oxygen atoms in total. The van der Waals surface area contributed by atoms with Gasteiger partial charge in [-0.15, -0.1) is 0 Å². The van der Waals surface area contributed by atoms with Gasteiger partial charge in [0.2, 0.25) is 0 Å². The van der Waals surface area contributed by atoms with E-state index in [1.807, 2.05) is 30.4 Å². The molecule has 5 rings (SSSR count). The molecule has 1 aromatic heterocycles. The lowest BCUT2D eigenvalue weighted by atomic mass is 9.74. The maximum Gasteiger partial charge on any atom is 0.407 e. The molecule has 2 heterocycles. The first kappa shape index (κ1) is 20.2. The van der Waals surface area contributed by atoms with E-state index in [9.17, 15) is 19.4 Å². The van der Waals surface area contributed by atoms with E-state index in [1.54, 1.807) is 12.3 Å². The molecule has 1 saturated heterocycles. The minimum atomic E-state index is -0.763. The van der Waals surface area contributed by atoms with Crippen molar-refractivity contribution in [3.8, 4) is 11.1 Å². The lowest BCUT2D eigenvalue weighted by molar-refractivity contribution is -0.0455. The number of fused-ring (bicyclic) bond motifs is 1. The third kappa shape index (κ3) is 3.72. The Labute approximate surface area is 179 Å². The van der Waals surface area contributed by atoms with Gasteiger partial charge in [-0.3, -0.25) is 4.98 Å². The SMILES string of the molecule is O=C1NCC2(CC3CC(O)[C@@H](O)CC3C2/C=C/c2ccc(-c3cccc(F)c3)cn2)O1. The Morgan fingerprint density at radius 2 is 2.00 bits per heavy atom. The molecule has 0 bridgehead atoms. The molecule has 5 unspecified atom stereocenters. The van der Waals surface area contributed by atoms with Crippen LogP contribution in [-0.2, 0) is 4.74 Å². The molecular formula is C24H25FN2O4. The number of halogens is 1. The van der Waals surface area contributed by atoms with Crippen molar-refractivity contribution in [1.29, 1.82) is 0 Å². The number of carbonyl (C=O) groups is 1. The van der Waals surface area contributed by atoms with Crippen LogP contribution in [0.15, 0.2) is 48.7 Å². The van der Waals surface area contributed by atoms with Gasteiger partial charge in [-0.2, -0.15) is 0 Å². The van der Waals surface area contributed by atoms with Crippen molar-refractivity contribution in [3.63, 3.8) is 0 Å². The fraction of sp³-hybridized carbons (Fsp3) is 0.417. The summed E-state index contributed by atoms with van der Waals surface area (Å²) in [6, 6.07) is 10.1. The largest absolute Gasteiger partial charge is 0.440 e. The molecule has 2 aromatic rings. The van der Waals surface area contributed by atoms with Crippen LogP contribution in [0.3, 0.4) is 0 Å².